The lowest BCUT2D eigenvalue weighted by Crippen LogP contribution is -2.50. The lowest BCUT2D eigenvalue weighted by Gasteiger charge is -2.25. The summed E-state index contributed by atoms with van der Waals surface area (Å²) in [4.78, 5) is 10.3. The molecule has 0 aromatic rings. The Hall–Kier alpha value is -0.420. The number of amides is 1. The molecule has 4 nitrogen and oxygen atoms in total. The van der Waals surface area contributed by atoms with Gasteiger partial charge in [0.2, 0.25) is 5.91 Å². The molecule has 1 aliphatic heterocycles. The van der Waals surface area contributed by atoms with Gasteiger partial charge in [-0.15, -0.1) is 0 Å². The van der Waals surface area contributed by atoms with Crippen LogP contribution in [0.2, 0.25) is 0 Å². The average Bonchev–Trinajstić information content (AvgIpc) is 1.79. The summed E-state index contributed by atoms with van der Waals surface area (Å²) in [6.45, 7) is 1.62. The minimum absolute atomic E-state index is 0.239. The Bertz CT molecular complexity index is 179. The van der Waals surface area contributed by atoms with Crippen LogP contribution in [0.25, 0.3) is 0 Å². The second-order valence-electron chi connectivity index (χ2n) is 2.58. The molecule has 0 radical (unpaired) electrons. The van der Waals surface area contributed by atoms with Gasteiger partial charge in [0.15, 0.2) is 0 Å². The number of primary amides is 1. The van der Waals surface area contributed by atoms with Crippen molar-refractivity contribution in [3.8, 4) is 0 Å². The van der Waals surface area contributed by atoms with Crippen LogP contribution < -0.4 is 11.1 Å². The molecule has 0 bridgehead atoms. The third kappa shape index (κ3) is 2.59. The van der Waals surface area contributed by atoms with Crippen molar-refractivity contribution in [2.24, 2.45) is 5.73 Å². The quantitative estimate of drug-likeness (QED) is 0.552. The second-order valence-corrected chi connectivity index (χ2v) is 4.42. The summed E-state index contributed by atoms with van der Waals surface area (Å²) in [6, 6.07) is 0. The highest BCUT2D eigenvalue weighted by Crippen LogP contribution is 2.03. The van der Waals surface area contributed by atoms with Crippen molar-refractivity contribution in [1.29, 1.82) is 0 Å². The standard InChI is InChI=1S/C6H12N2O2S/c7-6(9)1-2-11(10)5-3-8-4-5/h5,8H,1-4H2,(H2,7,9). The van der Waals surface area contributed by atoms with E-state index in [1.54, 1.807) is 0 Å². The van der Waals surface area contributed by atoms with Gasteiger partial charge in [0.25, 0.3) is 0 Å². The van der Waals surface area contributed by atoms with E-state index in [4.69, 9.17) is 5.73 Å². The zero-order valence-electron chi connectivity index (χ0n) is 6.21. The van der Waals surface area contributed by atoms with Gasteiger partial charge in [-0.1, -0.05) is 0 Å². The average molecular weight is 176 g/mol. The van der Waals surface area contributed by atoms with E-state index >= 15 is 0 Å². The van der Waals surface area contributed by atoms with Gasteiger partial charge in [-0.3, -0.25) is 9.00 Å². The highest BCUT2D eigenvalue weighted by molar-refractivity contribution is 7.85. The monoisotopic (exact) mass is 176 g/mol. The Morgan fingerprint density at radius 3 is 2.64 bits per heavy atom. The van der Waals surface area contributed by atoms with E-state index in [-0.39, 0.29) is 17.6 Å². The van der Waals surface area contributed by atoms with E-state index in [2.05, 4.69) is 5.32 Å². The van der Waals surface area contributed by atoms with Gasteiger partial charge >= 0.3 is 0 Å². The van der Waals surface area contributed by atoms with Crippen LogP contribution in [0.15, 0.2) is 0 Å². The number of nitrogens with two attached hydrogens (primary N) is 1. The van der Waals surface area contributed by atoms with E-state index in [0.717, 1.165) is 13.1 Å². The molecule has 5 heteroatoms. The van der Waals surface area contributed by atoms with E-state index in [1.807, 2.05) is 0 Å². The predicted octanol–water partition coefficient (Wildman–Crippen LogP) is -1.42. The molecular weight excluding hydrogens is 164 g/mol. The molecule has 1 heterocycles. The fraction of sp³-hybridized carbons (Fsp3) is 0.833. The summed E-state index contributed by atoms with van der Waals surface area (Å²) in [6.07, 6.45) is 0.239. The maximum atomic E-state index is 11.2. The van der Waals surface area contributed by atoms with Crippen molar-refractivity contribution < 1.29 is 9.00 Å². The van der Waals surface area contributed by atoms with Crippen molar-refractivity contribution in [2.75, 3.05) is 18.8 Å². The van der Waals surface area contributed by atoms with Crippen LogP contribution >= 0.6 is 0 Å². The third-order valence-corrected chi connectivity index (χ3v) is 3.35. The van der Waals surface area contributed by atoms with E-state index in [9.17, 15) is 9.00 Å². The third-order valence-electron chi connectivity index (χ3n) is 1.67. The lowest BCUT2D eigenvalue weighted by molar-refractivity contribution is -0.117. The first-order valence-electron chi connectivity index (χ1n) is 3.56. The zero-order chi connectivity index (χ0) is 8.27. The van der Waals surface area contributed by atoms with Crippen molar-refractivity contribution in [2.45, 2.75) is 11.7 Å². The summed E-state index contributed by atoms with van der Waals surface area (Å²) < 4.78 is 11.2. The van der Waals surface area contributed by atoms with Crippen LogP contribution in [0.3, 0.4) is 0 Å². The highest BCUT2D eigenvalue weighted by Gasteiger charge is 2.22. The minimum atomic E-state index is -0.862. The van der Waals surface area contributed by atoms with E-state index in [1.165, 1.54) is 0 Å². The molecule has 0 aromatic heterocycles. The van der Waals surface area contributed by atoms with Crippen LogP contribution in [0, 0.1) is 0 Å². The maximum Gasteiger partial charge on any atom is 0.218 e. The van der Waals surface area contributed by atoms with Gasteiger partial charge in [0.1, 0.15) is 0 Å². The Morgan fingerprint density at radius 2 is 2.27 bits per heavy atom. The summed E-state index contributed by atoms with van der Waals surface area (Å²) >= 11 is 0. The molecule has 3 N–H and O–H groups in total. The topological polar surface area (TPSA) is 72.2 Å². The Morgan fingerprint density at radius 1 is 1.64 bits per heavy atom. The fourth-order valence-corrected chi connectivity index (χ4v) is 2.16. The van der Waals surface area contributed by atoms with Crippen LogP contribution in [0.1, 0.15) is 6.42 Å². The molecule has 1 aliphatic rings. The molecule has 1 fully saturated rings. The fourth-order valence-electron chi connectivity index (χ4n) is 0.816. The van der Waals surface area contributed by atoms with Crippen molar-refractivity contribution in [3.63, 3.8) is 0 Å². The van der Waals surface area contributed by atoms with Crippen molar-refractivity contribution in [1.82, 2.24) is 5.32 Å². The van der Waals surface area contributed by atoms with Gasteiger partial charge in [0, 0.05) is 36.1 Å². The molecule has 1 saturated heterocycles. The molecule has 1 unspecified atom stereocenters. The van der Waals surface area contributed by atoms with Crippen molar-refractivity contribution >= 4 is 16.7 Å². The van der Waals surface area contributed by atoms with Gasteiger partial charge in [-0.05, 0) is 0 Å². The molecule has 0 spiro atoms. The summed E-state index contributed by atoms with van der Waals surface area (Å²) in [5, 5.41) is 3.27. The normalized spacial score (nSPS) is 20.7. The number of nitrogens with one attached hydrogen (secondary N) is 1. The van der Waals surface area contributed by atoms with E-state index in [0.29, 0.717) is 5.75 Å². The number of hydrogen-bond acceptors (Lipinski definition) is 3. The first-order valence-corrected chi connectivity index (χ1v) is 4.94. The number of hydrogen-bond donors (Lipinski definition) is 2. The number of carbonyl (C=O) groups excluding carboxylic acids is 1. The van der Waals surface area contributed by atoms with Crippen LogP contribution in [0.5, 0.6) is 0 Å². The smallest absolute Gasteiger partial charge is 0.218 e. The molecule has 64 valence electrons. The number of carbonyl (C=O) groups is 1. The molecule has 1 rings (SSSR count). The Kier molecular flexibility index (Phi) is 3.02. The maximum absolute atomic E-state index is 11.2. The van der Waals surface area contributed by atoms with Crippen LogP contribution in [-0.2, 0) is 15.6 Å². The summed E-state index contributed by atoms with van der Waals surface area (Å²) in [5.74, 6) is 0.0485. The second kappa shape index (κ2) is 3.82. The first kappa shape index (κ1) is 8.67. The molecule has 11 heavy (non-hydrogen) atoms. The van der Waals surface area contributed by atoms with Gasteiger partial charge < -0.3 is 11.1 Å². The molecule has 0 saturated carbocycles. The van der Waals surface area contributed by atoms with E-state index < -0.39 is 10.8 Å². The molecule has 0 aromatic carbocycles. The van der Waals surface area contributed by atoms with Crippen LogP contribution in [0.4, 0.5) is 0 Å². The SMILES string of the molecule is NC(=O)CCS(=O)C1CNC1. The van der Waals surface area contributed by atoms with Gasteiger partial charge in [-0.2, -0.15) is 0 Å². The summed E-state index contributed by atoms with van der Waals surface area (Å²) in [7, 11) is -0.862. The molecule has 0 aliphatic carbocycles. The minimum Gasteiger partial charge on any atom is -0.370 e. The largest absolute Gasteiger partial charge is 0.370 e. The van der Waals surface area contributed by atoms with Gasteiger partial charge in [-0.25, -0.2) is 0 Å². The first-order chi connectivity index (χ1) is 5.20. The predicted molar refractivity (Wildman–Crippen MR) is 43.5 cm³/mol. The van der Waals surface area contributed by atoms with Crippen LogP contribution in [-0.4, -0.2) is 34.2 Å². The highest BCUT2D eigenvalue weighted by atomic mass is 32.2. The zero-order valence-corrected chi connectivity index (χ0v) is 7.02. The molecular formula is C6H12N2O2S. The van der Waals surface area contributed by atoms with Crippen molar-refractivity contribution in [3.05, 3.63) is 0 Å². The summed E-state index contributed by atoms with van der Waals surface area (Å²) in [5.41, 5.74) is 4.91. The molecule has 1 atom stereocenters. The Labute approximate surface area is 68.0 Å². The Balaban J connectivity index is 2.15. The van der Waals surface area contributed by atoms with Gasteiger partial charge in [0.05, 0.1) is 5.25 Å². The molecule has 1 amide bonds. The number of rotatable bonds is 4. The lowest BCUT2D eigenvalue weighted by atomic mass is 10.3.